The monoisotopic (exact) mass is 258 g/mol. The zero-order chi connectivity index (χ0) is 12.3. The Bertz CT molecular complexity index is 246. The van der Waals surface area contributed by atoms with Crippen LogP contribution in [0.4, 0.5) is 0 Å². The first kappa shape index (κ1) is 13.7. The summed E-state index contributed by atoms with van der Waals surface area (Å²) < 4.78 is 5.77. The topological polar surface area (TPSA) is 38.5 Å². The molecule has 3 atom stereocenters. The normalized spacial score (nSPS) is 38.1. The van der Waals surface area contributed by atoms with Crippen molar-refractivity contribution in [1.82, 2.24) is 4.90 Å². The molecule has 3 nitrogen and oxygen atoms in total. The third-order valence-electron chi connectivity index (χ3n) is 4.18. The number of likely N-dealkylation sites (N-methyl/N-ethyl adjacent to an activating group) is 1. The van der Waals surface area contributed by atoms with E-state index in [-0.39, 0.29) is 5.54 Å². The molecule has 0 bridgehead atoms. The van der Waals surface area contributed by atoms with E-state index in [9.17, 15) is 0 Å². The van der Waals surface area contributed by atoms with E-state index in [2.05, 4.69) is 30.5 Å². The third-order valence-corrected chi connectivity index (χ3v) is 5.62. The maximum Gasteiger partial charge on any atom is 0.0703 e. The summed E-state index contributed by atoms with van der Waals surface area (Å²) in [6.45, 7) is 8.46. The van der Waals surface area contributed by atoms with E-state index in [1.54, 1.807) is 0 Å². The largest absolute Gasteiger partial charge is 0.377 e. The molecule has 2 N–H and O–H groups in total. The number of hydrogen-bond acceptors (Lipinski definition) is 4. The molecule has 0 aromatic carbocycles. The Balaban J connectivity index is 1.99. The van der Waals surface area contributed by atoms with E-state index in [0.29, 0.717) is 6.10 Å². The van der Waals surface area contributed by atoms with Crippen molar-refractivity contribution < 1.29 is 4.74 Å². The molecule has 17 heavy (non-hydrogen) atoms. The van der Waals surface area contributed by atoms with Crippen molar-refractivity contribution in [2.24, 2.45) is 5.73 Å². The van der Waals surface area contributed by atoms with Gasteiger partial charge in [0.1, 0.15) is 0 Å². The highest BCUT2D eigenvalue weighted by Gasteiger charge is 2.42. The second-order valence-electron chi connectivity index (χ2n) is 5.43. The first-order valence-electron chi connectivity index (χ1n) is 6.88. The van der Waals surface area contributed by atoms with E-state index >= 15 is 0 Å². The minimum atomic E-state index is 0.227. The Morgan fingerprint density at radius 3 is 2.82 bits per heavy atom. The standard InChI is InChI=1S/C13H26N2OS/c1-3-15(8-12-5-4-6-16-12)13(9-14)7-11(2)17-10-13/h11-12H,3-10,14H2,1-2H3. The van der Waals surface area contributed by atoms with Gasteiger partial charge in [0, 0.05) is 36.2 Å². The quantitative estimate of drug-likeness (QED) is 0.815. The van der Waals surface area contributed by atoms with Crippen molar-refractivity contribution in [2.45, 2.75) is 50.0 Å². The summed E-state index contributed by atoms with van der Waals surface area (Å²) in [5, 5.41) is 0.747. The van der Waals surface area contributed by atoms with Gasteiger partial charge in [-0.3, -0.25) is 4.90 Å². The Kier molecular flexibility index (Phi) is 4.75. The van der Waals surface area contributed by atoms with Crippen LogP contribution in [-0.4, -0.2) is 53.8 Å². The van der Waals surface area contributed by atoms with Crippen LogP contribution in [-0.2, 0) is 4.74 Å². The number of thioether (sulfide) groups is 1. The van der Waals surface area contributed by atoms with Gasteiger partial charge in [-0.1, -0.05) is 13.8 Å². The summed E-state index contributed by atoms with van der Waals surface area (Å²) >= 11 is 2.07. The first-order chi connectivity index (χ1) is 8.20. The molecule has 2 rings (SSSR count). The van der Waals surface area contributed by atoms with Crippen LogP contribution in [0.2, 0.25) is 0 Å². The molecule has 4 heteroatoms. The van der Waals surface area contributed by atoms with Gasteiger partial charge in [0.2, 0.25) is 0 Å². The van der Waals surface area contributed by atoms with Crippen LogP contribution in [0.1, 0.15) is 33.1 Å². The first-order valence-corrected chi connectivity index (χ1v) is 7.93. The molecule has 2 aliphatic rings. The number of hydrogen-bond donors (Lipinski definition) is 1. The van der Waals surface area contributed by atoms with Crippen LogP contribution in [0.5, 0.6) is 0 Å². The zero-order valence-electron chi connectivity index (χ0n) is 11.2. The van der Waals surface area contributed by atoms with Gasteiger partial charge in [-0.25, -0.2) is 0 Å². The lowest BCUT2D eigenvalue weighted by atomic mass is 9.93. The smallest absolute Gasteiger partial charge is 0.0703 e. The molecule has 0 aliphatic carbocycles. The minimum absolute atomic E-state index is 0.227. The molecule has 3 unspecified atom stereocenters. The van der Waals surface area contributed by atoms with Crippen LogP contribution in [0.15, 0.2) is 0 Å². The number of ether oxygens (including phenoxy) is 1. The van der Waals surface area contributed by atoms with Gasteiger partial charge < -0.3 is 10.5 Å². The summed E-state index contributed by atoms with van der Waals surface area (Å²) in [5.41, 5.74) is 6.31. The summed E-state index contributed by atoms with van der Waals surface area (Å²) in [6, 6.07) is 0. The van der Waals surface area contributed by atoms with Crippen molar-refractivity contribution in [2.75, 3.05) is 32.0 Å². The van der Waals surface area contributed by atoms with Crippen LogP contribution in [0.3, 0.4) is 0 Å². The lowest BCUT2D eigenvalue weighted by Crippen LogP contribution is -2.56. The molecule has 2 heterocycles. The van der Waals surface area contributed by atoms with Crippen LogP contribution < -0.4 is 5.73 Å². The van der Waals surface area contributed by atoms with Crippen LogP contribution in [0.25, 0.3) is 0 Å². The van der Waals surface area contributed by atoms with Crippen LogP contribution in [0, 0.1) is 0 Å². The maximum absolute atomic E-state index is 6.09. The van der Waals surface area contributed by atoms with E-state index in [4.69, 9.17) is 10.5 Å². The van der Waals surface area contributed by atoms with Gasteiger partial charge in [0.25, 0.3) is 0 Å². The Morgan fingerprint density at radius 1 is 1.53 bits per heavy atom. The van der Waals surface area contributed by atoms with Crippen molar-refractivity contribution in [3.63, 3.8) is 0 Å². The Hall–Kier alpha value is 0.230. The van der Waals surface area contributed by atoms with Gasteiger partial charge in [-0.2, -0.15) is 11.8 Å². The molecular weight excluding hydrogens is 232 g/mol. The lowest BCUT2D eigenvalue weighted by Gasteiger charge is -2.41. The maximum atomic E-state index is 6.09. The van der Waals surface area contributed by atoms with Gasteiger partial charge in [0.15, 0.2) is 0 Å². The molecule has 0 amide bonds. The molecule has 0 aromatic heterocycles. The fraction of sp³-hybridized carbons (Fsp3) is 1.00. The van der Waals surface area contributed by atoms with Crippen molar-refractivity contribution in [3.8, 4) is 0 Å². The highest BCUT2D eigenvalue weighted by atomic mass is 32.2. The third kappa shape index (κ3) is 2.98. The predicted octanol–water partition coefficient (Wildman–Crippen LogP) is 1.71. The molecule has 0 saturated carbocycles. The van der Waals surface area contributed by atoms with Gasteiger partial charge in [-0.05, 0) is 25.8 Å². The summed E-state index contributed by atoms with van der Waals surface area (Å²) in [5.74, 6) is 1.19. The van der Waals surface area contributed by atoms with Crippen molar-refractivity contribution in [1.29, 1.82) is 0 Å². The molecule has 2 aliphatic heterocycles. The highest BCUT2D eigenvalue weighted by molar-refractivity contribution is 8.00. The van der Waals surface area contributed by atoms with Gasteiger partial charge in [-0.15, -0.1) is 0 Å². The fourth-order valence-corrected chi connectivity index (χ4v) is 4.58. The average Bonchev–Trinajstić information content (AvgIpc) is 2.96. The fourth-order valence-electron chi connectivity index (χ4n) is 3.13. The molecule has 0 spiro atoms. The van der Waals surface area contributed by atoms with E-state index < -0.39 is 0 Å². The summed E-state index contributed by atoms with van der Waals surface area (Å²) in [6.07, 6.45) is 4.12. The Morgan fingerprint density at radius 2 is 2.35 bits per heavy atom. The predicted molar refractivity (Wildman–Crippen MR) is 74.5 cm³/mol. The second kappa shape index (κ2) is 5.91. The number of nitrogens with zero attached hydrogens (tertiary/aromatic N) is 1. The molecule has 2 saturated heterocycles. The van der Waals surface area contributed by atoms with Crippen molar-refractivity contribution >= 4 is 11.8 Å². The molecular formula is C13H26N2OS. The van der Waals surface area contributed by atoms with Gasteiger partial charge >= 0.3 is 0 Å². The van der Waals surface area contributed by atoms with Crippen molar-refractivity contribution in [3.05, 3.63) is 0 Å². The SMILES string of the molecule is CCN(CC1CCCO1)C1(CN)CSC(C)C1. The van der Waals surface area contributed by atoms with Crippen LogP contribution >= 0.6 is 11.8 Å². The molecule has 100 valence electrons. The van der Waals surface area contributed by atoms with Gasteiger partial charge in [0.05, 0.1) is 6.10 Å². The second-order valence-corrected chi connectivity index (χ2v) is 6.85. The summed E-state index contributed by atoms with van der Waals surface area (Å²) in [4.78, 5) is 2.58. The zero-order valence-corrected chi connectivity index (χ0v) is 12.0. The lowest BCUT2D eigenvalue weighted by molar-refractivity contribution is 0.0322. The van der Waals surface area contributed by atoms with E-state index in [0.717, 1.165) is 31.5 Å². The average molecular weight is 258 g/mol. The molecule has 2 fully saturated rings. The Labute approximate surface area is 109 Å². The summed E-state index contributed by atoms with van der Waals surface area (Å²) in [7, 11) is 0. The number of rotatable bonds is 5. The molecule has 0 radical (unpaired) electrons. The highest BCUT2D eigenvalue weighted by Crippen LogP contribution is 2.38. The molecule has 0 aromatic rings. The number of nitrogens with two attached hydrogens (primary N) is 1. The minimum Gasteiger partial charge on any atom is -0.377 e. The van der Waals surface area contributed by atoms with E-state index in [1.165, 1.54) is 25.0 Å². The van der Waals surface area contributed by atoms with E-state index in [1.807, 2.05) is 0 Å².